The Kier molecular flexibility index (Phi) is 6.27. The van der Waals surface area contributed by atoms with E-state index in [0.717, 1.165) is 59.7 Å². The third kappa shape index (κ3) is 4.20. The molecule has 3 aromatic rings. The fourth-order valence-electron chi connectivity index (χ4n) is 5.14. The fraction of sp³-hybridized carbons (Fsp3) is 0.444. The molecule has 0 saturated carbocycles. The highest BCUT2D eigenvalue weighted by Crippen LogP contribution is 2.40. The number of ether oxygens (including phenoxy) is 4. The van der Waals surface area contributed by atoms with E-state index < -0.39 is 0 Å². The Hall–Kier alpha value is -2.99. The molecule has 2 aliphatic rings. The van der Waals surface area contributed by atoms with Gasteiger partial charge in [-0.3, -0.25) is 0 Å². The van der Waals surface area contributed by atoms with Gasteiger partial charge in [0.05, 0.1) is 38.9 Å². The second-order valence-electron chi connectivity index (χ2n) is 8.82. The van der Waals surface area contributed by atoms with Crippen molar-refractivity contribution in [2.24, 2.45) is 0 Å². The molecule has 6 heteroatoms. The van der Waals surface area contributed by atoms with Gasteiger partial charge >= 0.3 is 0 Å². The van der Waals surface area contributed by atoms with Crippen molar-refractivity contribution in [1.82, 2.24) is 4.90 Å². The summed E-state index contributed by atoms with van der Waals surface area (Å²) < 4.78 is 25.4. The van der Waals surface area contributed by atoms with Crippen molar-refractivity contribution in [2.45, 2.75) is 32.2 Å². The molecule has 0 bridgehead atoms. The van der Waals surface area contributed by atoms with Crippen molar-refractivity contribution in [3.63, 3.8) is 0 Å². The Balaban J connectivity index is 1.43. The van der Waals surface area contributed by atoms with Crippen LogP contribution in [0.1, 0.15) is 24.8 Å². The maximum Gasteiger partial charge on any atom is 0.213 e. The number of benzene rings is 2. The predicted molar refractivity (Wildman–Crippen MR) is 129 cm³/mol. The molecule has 33 heavy (non-hydrogen) atoms. The number of aryl methyl sites for hydroxylation is 2. The van der Waals surface area contributed by atoms with Gasteiger partial charge in [0.2, 0.25) is 5.69 Å². The summed E-state index contributed by atoms with van der Waals surface area (Å²) in [5.41, 5.74) is 3.67. The lowest BCUT2D eigenvalue weighted by Gasteiger charge is -2.20. The van der Waals surface area contributed by atoms with Gasteiger partial charge in [0, 0.05) is 19.0 Å². The molecule has 0 spiro atoms. The Bertz CT molecular complexity index is 1150. The minimum absolute atomic E-state index is 0.712. The van der Waals surface area contributed by atoms with Crippen molar-refractivity contribution in [3.05, 3.63) is 42.1 Å². The van der Waals surface area contributed by atoms with E-state index >= 15 is 0 Å². The minimum atomic E-state index is 0.712. The Morgan fingerprint density at radius 3 is 2.48 bits per heavy atom. The van der Waals surface area contributed by atoms with Crippen LogP contribution in [0.25, 0.3) is 22.0 Å². The highest BCUT2D eigenvalue weighted by Gasteiger charge is 2.27. The van der Waals surface area contributed by atoms with Crippen molar-refractivity contribution in [1.29, 1.82) is 0 Å². The third-order valence-corrected chi connectivity index (χ3v) is 6.87. The number of hydrogen-bond acceptors (Lipinski definition) is 5. The van der Waals surface area contributed by atoms with Gasteiger partial charge < -0.3 is 23.8 Å². The number of nitrogens with zero attached hydrogens (tertiary/aromatic N) is 2. The second kappa shape index (κ2) is 9.48. The SMILES string of the molecule is COc1cc2c(cc1OCCCN1CCCC1)CC[n+]1cc3c(OC)c(OC)ccc3cc1-2. The van der Waals surface area contributed by atoms with Gasteiger partial charge in [0.1, 0.15) is 0 Å². The highest BCUT2D eigenvalue weighted by atomic mass is 16.5. The van der Waals surface area contributed by atoms with E-state index in [1.807, 2.05) is 6.07 Å². The summed E-state index contributed by atoms with van der Waals surface area (Å²) in [5, 5.41) is 2.17. The molecule has 0 aliphatic carbocycles. The van der Waals surface area contributed by atoms with Crippen LogP contribution in [0.15, 0.2) is 36.5 Å². The van der Waals surface area contributed by atoms with Crippen LogP contribution in [-0.2, 0) is 13.0 Å². The van der Waals surface area contributed by atoms with Crippen LogP contribution >= 0.6 is 0 Å². The molecule has 0 amide bonds. The first kappa shape index (κ1) is 21.8. The number of aromatic nitrogens is 1. The van der Waals surface area contributed by atoms with E-state index in [-0.39, 0.29) is 0 Å². The van der Waals surface area contributed by atoms with E-state index in [2.05, 4.69) is 39.9 Å². The molecule has 1 aromatic heterocycles. The van der Waals surface area contributed by atoms with Crippen LogP contribution in [0, 0.1) is 0 Å². The maximum absolute atomic E-state index is 6.18. The van der Waals surface area contributed by atoms with Crippen LogP contribution in [0.3, 0.4) is 0 Å². The average Bonchev–Trinajstić information content (AvgIpc) is 3.37. The summed E-state index contributed by atoms with van der Waals surface area (Å²) in [4.78, 5) is 2.52. The van der Waals surface area contributed by atoms with Crippen molar-refractivity contribution in [3.8, 4) is 34.3 Å². The van der Waals surface area contributed by atoms with Gasteiger partial charge in [0.15, 0.2) is 35.7 Å². The largest absolute Gasteiger partial charge is 0.493 e. The lowest BCUT2D eigenvalue weighted by Crippen LogP contribution is -2.40. The van der Waals surface area contributed by atoms with E-state index in [0.29, 0.717) is 6.61 Å². The molecule has 2 aromatic carbocycles. The summed E-state index contributed by atoms with van der Waals surface area (Å²) in [6.07, 6.45) is 6.81. The molecule has 0 unspecified atom stereocenters. The molecule has 174 valence electrons. The number of methoxy groups -OCH3 is 3. The Labute approximate surface area is 195 Å². The van der Waals surface area contributed by atoms with E-state index in [1.54, 1.807) is 21.3 Å². The third-order valence-electron chi connectivity index (χ3n) is 6.87. The first-order valence-corrected chi connectivity index (χ1v) is 11.9. The van der Waals surface area contributed by atoms with E-state index in [1.165, 1.54) is 42.8 Å². The standard InChI is InChI=1S/C27H33N2O4/c1-30-24-8-7-19-15-23-21-17-25(31-2)26(33-14-6-12-28-10-4-5-11-28)16-20(21)9-13-29(23)18-22(19)27(24)32-3/h7-8,15-18H,4-6,9-14H2,1-3H3/q+1. The zero-order valence-corrected chi connectivity index (χ0v) is 19.9. The molecule has 2 aliphatic heterocycles. The lowest BCUT2D eigenvalue weighted by molar-refractivity contribution is -0.686. The molecule has 0 radical (unpaired) electrons. The Morgan fingerprint density at radius 2 is 1.73 bits per heavy atom. The Morgan fingerprint density at radius 1 is 0.909 bits per heavy atom. The van der Waals surface area contributed by atoms with Crippen molar-refractivity contribution >= 4 is 10.8 Å². The van der Waals surface area contributed by atoms with Crippen LogP contribution in [0.5, 0.6) is 23.0 Å². The summed E-state index contributed by atoms with van der Waals surface area (Å²) in [6, 6.07) is 10.6. The maximum atomic E-state index is 6.18. The smallest absolute Gasteiger partial charge is 0.213 e. The monoisotopic (exact) mass is 449 g/mol. The molecule has 6 nitrogen and oxygen atoms in total. The summed E-state index contributed by atoms with van der Waals surface area (Å²) in [5.74, 6) is 3.15. The van der Waals surface area contributed by atoms with E-state index in [9.17, 15) is 0 Å². The number of fused-ring (bicyclic) bond motifs is 4. The second-order valence-corrected chi connectivity index (χ2v) is 8.82. The van der Waals surface area contributed by atoms with Gasteiger partial charge in [-0.1, -0.05) is 0 Å². The van der Waals surface area contributed by atoms with Crippen molar-refractivity contribution < 1.29 is 23.5 Å². The number of hydrogen-bond donors (Lipinski definition) is 0. The van der Waals surface area contributed by atoms with Crippen LogP contribution < -0.4 is 23.5 Å². The fourth-order valence-corrected chi connectivity index (χ4v) is 5.14. The first-order chi connectivity index (χ1) is 16.2. The number of likely N-dealkylation sites (tertiary alicyclic amines) is 1. The summed E-state index contributed by atoms with van der Waals surface area (Å²) in [6.45, 7) is 5.18. The van der Waals surface area contributed by atoms with Gasteiger partial charge in [-0.2, -0.15) is 4.57 Å². The van der Waals surface area contributed by atoms with Crippen molar-refractivity contribution in [2.75, 3.05) is 47.6 Å². The van der Waals surface area contributed by atoms with Gasteiger partial charge in [-0.15, -0.1) is 0 Å². The zero-order valence-electron chi connectivity index (χ0n) is 19.9. The van der Waals surface area contributed by atoms with Crippen LogP contribution in [0.2, 0.25) is 0 Å². The van der Waals surface area contributed by atoms with Crippen LogP contribution in [0.4, 0.5) is 0 Å². The molecule has 3 heterocycles. The number of rotatable bonds is 8. The summed E-state index contributed by atoms with van der Waals surface area (Å²) in [7, 11) is 5.07. The van der Waals surface area contributed by atoms with Crippen LogP contribution in [-0.4, -0.2) is 52.5 Å². The first-order valence-electron chi connectivity index (χ1n) is 11.9. The van der Waals surface area contributed by atoms with Gasteiger partial charge in [-0.25, -0.2) is 0 Å². The topological polar surface area (TPSA) is 44.0 Å². The average molecular weight is 450 g/mol. The molecular formula is C27H33N2O4+. The quantitative estimate of drug-likeness (QED) is 0.380. The predicted octanol–water partition coefficient (Wildman–Crippen LogP) is 4.24. The zero-order chi connectivity index (χ0) is 22.8. The molecule has 1 fully saturated rings. The molecule has 1 saturated heterocycles. The van der Waals surface area contributed by atoms with Gasteiger partial charge in [-0.05, 0) is 67.6 Å². The lowest BCUT2D eigenvalue weighted by atomic mass is 9.95. The molecule has 0 N–H and O–H groups in total. The highest BCUT2D eigenvalue weighted by molar-refractivity contribution is 5.91. The normalized spacial score (nSPS) is 15.2. The van der Waals surface area contributed by atoms with E-state index in [4.69, 9.17) is 18.9 Å². The minimum Gasteiger partial charge on any atom is -0.493 e. The summed E-state index contributed by atoms with van der Waals surface area (Å²) >= 11 is 0. The molecule has 5 rings (SSSR count). The number of pyridine rings is 1. The molecular weight excluding hydrogens is 416 g/mol. The van der Waals surface area contributed by atoms with Gasteiger partial charge in [0.25, 0.3) is 0 Å². The molecule has 0 atom stereocenters.